The molecule has 0 spiro atoms. The van der Waals surface area contributed by atoms with Crippen molar-refractivity contribution < 1.29 is 22.9 Å². The minimum Gasteiger partial charge on any atom is -0.380 e. The van der Waals surface area contributed by atoms with Crippen LogP contribution in [0, 0.1) is 10.1 Å². The van der Waals surface area contributed by atoms with E-state index in [0.29, 0.717) is 40.3 Å². The molecule has 1 aromatic heterocycles. The van der Waals surface area contributed by atoms with Gasteiger partial charge >= 0.3 is 0 Å². The van der Waals surface area contributed by atoms with Crippen molar-refractivity contribution in [3.63, 3.8) is 0 Å². The standard InChI is InChI=1S/C20H20N4O6S2/c1-2-30-12-11-23-17-9-8-16(32(21,28)29)13-18(17)31-20(23)22-19(25)10-5-14-3-6-15(7-4-14)24(26)27/h3-10,13H,2,11-12H2,1H3,(H2,21,28,29)/b10-5-,22-20?. The van der Waals surface area contributed by atoms with Gasteiger partial charge in [0, 0.05) is 31.4 Å². The normalized spacial score (nSPS) is 12.6. The second-order valence-electron chi connectivity index (χ2n) is 6.54. The average Bonchev–Trinajstić information content (AvgIpc) is 3.08. The molecule has 3 rings (SSSR count). The maximum Gasteiger partial charge on any atom is 0.272 e. The number of ether oxygens (including phenoxy) is 1. The van der Waals surface area contributed by atoms with Gasteiger partial charge in [0.25, 0.3) is 11.6 Å². The van der Waals surface area contributed by atoms with Gasteiger partial charge in [-0.25, -0.2) is 13.6 Å². The lowest BCUT2D eigenvalue weighted by Gasteiger charge is -2.05. The van der Waals surface area contributed by atoms with Crippen molar-refractivity contribution >= 4 is 49.2 Å². The summed E-state index contributed by atoms with van der Waals surface area (Å²) >= 11 is 1.16. The first-order chi connectivity index (χ1) is 15.2. The Bertz CT molecular complexity index is 1350. The Labute approximate surface area is 187 Å². The van der Waals surface area contributed by atoms with Gasteiger partial charge in [-0.1, -0.05) is 11.3 Å². The van der Waals surface area contributed by atoms with Crippen LogP contribution in [0.15, 0.2) is 58.4 Å². The second kappa shape index (κ2) is 9.96. The SMILES string of the molecule is CCOCCn1c(=NC(=O)/C=C\c2ccc([N+](=O)[O-])cc2)sc2cc(S(N)(=O)=O)ccc21. The van der Waals surface area contributed by atoms with Gasteiger partial charge in [0.15, 0.2) is 4.80 Å². The van der Waals surface area contributed by atoms with Gasteiger partial charge in [-0.15, -0.1) is 0 Å². The zero-order valence-corrected chi connectivity index (χ0v) is 18.6. The van der Waals surface area contributed by atoms with E-state index >= 15 is 0 Å². The smallest absolute Gasteiger partial charge is 0.272 e. The number of primary sulfonamides is 1. The molecule has 32 heavy (non-hydrogen) atoms. The molecular formula is C20H20N4O6S2. The number of rotatable bonds is 8. The zero-order valence-electron chi connectivity index (χ0n) is 17.0. The van der Waals surface area contributed by atoms with Crippen LogP contribution in [-0.4, -0.2) is 37.0 Å². The van der Waals surface area contributed by atoms with E-state index in [0.717, 1.165) is 11.3 Å². The van der Waals surface area contributed by atoms with Crippen LogP contribution in [0.4, 0.5) is 5.69 Å². The molecule has 0 aliphatic rings. The summed E-state index contributed by atoms with van der Waals surface area (Å²) < 4.78 is 31.1. The molecule has 0 radical (unpaired) electrons. The number of carbonyl (C=O) groups is 1. The molecule has 0 aliphatic heterocycles. The Morgan fingerprint density at radius 1 is 1.28 bits per heavy atom. The Morgan fingerprint density at radius 3 is 2.62 bits per heavy atom. The quantitative estimate of drug-likeness (QED) is 0.229. The van der Waals surface area contributed by atoms with Crippen molar-refractivity contribution in [2.45, 2.75) is 18.4 Å². The number of nitrogens with zero attached hydrogens (tertiary/aromatic N) is 3. The molecule has 168 valence electrons. The van der Waals surface area contributed by atoms with E-state index in [1.54, 1.807) is 10.6 Å². The number of nitro benzene ring substituents is 1. The number of fused-ring (bicyclic) bond motifs is 1. The summed E-state index contributed by atoms with van der Waals surface area (Å²) in [5.41, 5.74) is 1.27. The summed E-state index contributed by atoms with van der Waals surface area (Å²) in [5, 5.41) is 15.9. The Kier molecular flexibility index (Phi) is 7.30. The summed E-state index contributed by atoms with van der Waals surface area (Å²) in [6, 6.07) is 10.2. The number of carbonyl (C=O) groups excluding carboxylic acids is 1. The maximum absolute atomic E-state index is 12.4. The second-order valence-corrected chi connectivity index (χ2v) is 9.11. The third-order valence-electron chi connectivity index (χ3n) is 4.37. The first kappa shape index (κ1) is 23.5. The van der Waals surface area contributed by atoms with Crippen LogP contribution >= 0.6 is 11.3 Å². The predicted molar refractivity (Wildman–Crippen MR) is 120 cm³/mol. The molecule has 0 atom stereocenters. The number of aromatic nitrogens is 1. The topological polar surface area (TPSA) is 147 Å². The summed E-state index contributed by atoms with van der Waals surface area (Å²) in [5.74, 6) is -0.535. The number of hydrogen-bond acceptors (Lipinski definition) is 7. The Hall–Kier alpha value is -3.19. The highest BCUT2D eigenvalue weighted by Crippen LogP contribution is 2.21. The Morgan fingerprint density at radius 2 is 2.00 bits per heavy atom. The molecule has 0 fully saturated rings. The number of nitrogens with two attached hydrogens (primary N) is 1. The largest absolute Gasteiger partial charge is 0.380 e. The maximum atomic E-state index is 12.4. The molecule has 0 saturated heterocycles. The van der Waals surface area contributed by atoms with Crippen LogP contribution in [0.2, 0.25) is 0 Å². The van der Waals surface area contributed by atoms with Gasteiger partial charge < -0.3 is 9.30 Å². The lowest BCUT2D eigenvalue weighted by atomic mass is 10.2. The highest BCUT2D eigenvalue weighted by atomic mass is 32.2. The molecule has 0 saturated carbocycles. The number of non-ortho nitro benzene ring substituents is 1. The van der Waals surface area contributed by atoms with Gasteiger partial charge in [0.2, 0.25) is 10.0 Å². The number of sulfonamides is 1. The van der Waals surface area contributed by atoms with Crippen LogP contribution in [0.25, 0.3) is 16.3 Å². The fourth-order valence-electron chi connectivity index (χ4n) is 2.84. The molecule has 2 N–H and O–H groups in total. The lowest BCUT2D eigenvalue weighted by molar-refractivity contribution is -0.384. The average molecular weight is 477 g/mol. The van der Waals surface area contributed by atoms with Crippen molar-refractivity contribution in [2.24, 2.45) is 10.1 Å². The van der Waals surface area contributed by atoms with Crippen LogP contribution < -0.4 is 9.94 Å². The van der Waals surface area contributed by atoms with E-state index < -0.39 is 20.9 Å². The fourth-order valence-corrected chi connectivity index (χ4v) is 4.55. The van der Waals surface area contributed by atoms with Crippen LogP contribution in [0.3, 0.4) is 0 Å². The van der Waals surface area contributed by atoms with Gasteiger partial charge in [-0.05, 0) is 48.9 Å². The number of nitro groups is 1. The molecule has 12 heteroatoms. The third-order valence-corrected chi connectivity index (χ3v) is 6.33. The van der Waals surface area contributed by atoms with Gasteiger partial charge in [-0.3, -0.25) is 14.9 Å². The van der Waals surface area contributed by atoms with Crippen molar-refractivity contribution in [1.29, 1.82) is 0 Å². The van der Waals surface area contributed by atoms with E-state index in [4.69, 9.17) is 9.88 Å². The number of hydrogen-bond donors (Lipinski definition) is 1. The van der Waals surface area contributed by atoms with E-state index in [-0.39, 0.29) is 10.6 Å². The molecule has 10 nitrogen and oxygen atoms in total. The summed E-state index contributed by atoms with van der Waals surface area (Å²) in [4.78, 5) is 27.1. The predicted octanol–water partition coefficient (Wildman–Crippen LogP) is 2.44. The third kappa shape index (κ3) is 5.73. The van der Waals surface area contributed by atoms with E-state index in [1.165, 1.54) is 48.6 Å². The minimum absolute atomic E-state index is 0.0286. The van der Waals surface area contributed by atoms with E-state index in [1.807, 2.05) is 6.92 Å². The minimum atomic E-state index is -3.87. The van der Waals surface area contributed by atoms with Crippen LogP contribution in [0.1, 0.15) is 12.5 Å². The highest BCUT2D eigenvalue weighted by molar-refractivity contribution is 7.89. The van der Waals surface area contributed by atoms with E-state index in [9.17, 15) is 23.3 Å². The van der Waals surface area contributed by atoms with Gasteiger partial charge in [0.1, 0.15) is 0 Å². The molecule has 0 bridgehead atoms. The monoisotopic (exact) mass is 476 g/mol. The van der Waals surface area contributed by atoms with Crippen molar-refractivity contribution in [2.75, 3.05) is 13.2 Å². The first-order valence-electron chi connectivity index (χ1n) is 9.44. The molecule has 0 aliphatic carbocycles. The molecule has 3 aromatic rings. The van der Waals surface area contributed by atoms with Crippen molar-refractivity contribution in [3.8, 4) is 0 Å². The molecule has 1 heterocycles. The Balaban J connectivity index is 1.95. The number of amides is 1. The van der Waals surface area contributed by atoms with Crippen molar-refractivity contribution in [1.82, 2.24) is 4.57 Å². The summed E-state index contributed by atoms with van der Waals surface area (Å²) in [6.45, 7) is 3.20. The van der Waals surface area contributed by atoms with E-state index in [2.05, 4.69) is 4.99 Å². The van der Waals surface area contributed by atoms with Crippen molar-refractivity contribution in [3.05, 3.63) is 69.0 Å². The van der Waals surface area contributed by atoms with Crippen LogP contribution in [-0.2, 0) is 26.1 Å². The molecule has 1 amide bonds. The number of benzene rings is 2. The molecule has 0 unspecified atom stereocenters. The summed E-state index contributed by atoms with van der Waals surface area (Å²) in [7, 11) is -3.87. The van der Waals surface area contributed by atoms with Gasteiger partial charge in [0.05, 0.1) is 26.6 Å². The first-order valence-corrected chi connectivity index (χ1v) is 11.8. The van der Waals surface area contributed by atoms with Gasteiger partial charge in [-0.2, -0.15) is 4.99 Å². The number of thiazole rings is 1. The van der Waals surface area contributed by atoms with Crippen LogP contribution in [0.5, 0.6) is 0 Å². The zero-order chi connectivity index (χ0) is 23.3. The summed E-state index contributed by atoms with van der Waals surface area (Å²) in [6.07, 6.45) is 2.76. The lowest BCUT2D eigenvalue weighted by Crippen LogP contribution is -2.19. The molecular weight excluding hydrogens is 456 g/mol. The highest BCUT2D eigenvalue weighted by Gasteiger charge is 2.13. The fraction of sp³-hybridized carbons (Fsp3) is 0.200. The molecule has 2 aromatic carbocycles.